The molecule has 0 saturated heterocycles. The molecule has 0 heterocycles. The van der Waals surface area contributed by atoms with Crippen molar-refractivity contribution in [2.75, 3.05) is 39.6 Å². The van der Waals surface area contributed by atoms with Gasteiger partial charge in [-0.3, -0.25) is 13.6 Å². The maximum Gasteiger partial charge on any atom is 0.475 e. The van der Waals surface area contributed by atoms with E-state index in [1.54, 1.807) is 41.5 Å². The van der Waals surface area contributed by atoms with E-state index in [2.05, 4.69) is 4.74 Å². The summed E-state index contributed by atoms with van der Waals surface area (Å²) in [7, 11) is -3.71. The summed E-state index contributed by atoms with van der Waals surface area (Å²) in [6.07, 6.45) is -0.837. The van der Waals surface area contributed by atoms with Crippen LogP contribution >= 0.6 is 7.82 Å². The number of hydrogen-bond acceptors (Lipinski definition) is 8. The van der Waals surface area contributed by atoms with Gasteiger partial charge in [0.2, 0.25) is 0 Å². The van der Waals surface area contributed by atoms with Gasteiger partial charge in [0.1, 0.15) is 6.61 Å². The predicted octanol–water partition coefficient (Wildman–Crippen LogP) is 2.87. The van der Waals surface area contributed by atoms with E-state index < -0.39 is 25.1 Å². The van der Waals surface area contributed by atoms with Crippen LogP contribution in [0.1, 0.15) is 41.5 Å². The molecule has 0 aromatic rings. The molecule has 0 atom stereocenters. The van der Waals surface area contributed by atoms with Gasteiger partial charge in [-0.05, 0) is 41.5 Å². The second-order valence-corrected chi connectivity index (χ2v) is 8.60. The molecule has 1 amide bonds. The number of phosphoric acid groups is 1. The van der Waals surface area contributed by atoms with Crippen LogP contribution in [-0.2, 0) is 32.3 Å². The molecular weight excluding hydrogens is 353 g/mol. The second-order valence-electron chi connectivity index (χ2n) is 7.08. The van der Waals surface area contributed by atoms with E-state index in [1.807, 2.05) is 0 Å². The Hall–Kier alpha value is -0.700. The number of rotatable bonds is 12. The number of carbonyl (C=O) groups excluding carboxylic acids is 1. The van der Waals surface area contributed by atoms with Gasteiger partial charge in [0.25, 0.3) is 0 Å². The third-order valence-corrected chi connectivity index (χ3v) is 4.13. The first-order valence-corrected chi connectivity index (χ1v) is 9.53. The van der Waals surface area contributed by atoms with E-state index in [0.717, 1.165) is 0 Å². The topological polar surface area (TPSA) is 116 Å². The first-order chi connectivity index (χ1) is 11.3. The largest absolute Gasteiger partial charge is 0.475 e. The van der Waals surface area contributed by atoms with Gasteiger partial charge in [0.05, 0.1) is 44.2 Å². The number of carbonyl (C=O) groups is 1. The molecule has 0 saturated carbocycles. The van der Waals surface area contributed by atoms with Crippen molar-refractivity contribution in [3.63, 3.8) is 0 Å². The van der Waals surface area contributed by atoms with Gasteiger partial charge >= 0.3 is 13.9 Å². The smallest absolute Gasteiger partial charge is 0.447 e. The summed E-state index contributed by atoms with van der Waals surface area (Å²) in [5.41, 5.74) is 3.44. The van der Waals surface area contributed by atoms with Crippen LogP contribution in [0.2, 0.25) is 0 Å². The molecule has 150 valence electrons. The quantitative estimate of drug-likeness (QED) is 0.403. The molecule has 0 aromatic heterocycles. The number of phosphoric ester groups is 1. The van der Waals surface area contributed by atoms with Crippen molar-refractivity contribution >= 4 is 13.9 Å². The Morgan fingerprint density at radius 2 is 1.20 bits per heavy atom. The highest BCUT2D eigenvalue weighted by Crippen LogP contribution is 2.55. The summed E-state index contributed by atoms with van der Waals surface area (Å²) >= 11 is 0. The molecule has 0 radical (unpaired) electrons. The Morgan fingerprint density at radius 1 is 0.800 bits per heavy atom. The SMILES string of the molecule is CC(C)(C)OP(=O)(OCCOCCOCCOC(N)=O)OC(C)(C)C. The minimum Gasteiger partial charge on any atom is -0.447 e. The van der Waals surface area contributed by atoms with Crippen LogP contribution in [0, 0.1) is 0 Å². The second kappa shape index (κ2) is 11.1. The lowest BCUT2D eigenvalue weighted by atomic mass is 10.2. The maximum atomic E-state index is 12.7. The summed E-state index contributed by atoms with van der Waals surface area (Å²) in [4.78, 5) is 10.3. The zero-order valence-corrected chi connectivity index (χ0v) is 16.9. The van der Waals surface area contributed by atoms with Gasteiger partial charge in [-0.15, -0.1) is 0 Å². The predicted molar refractivity (Wildman–Crippen MR) is 92.4 cm³/mol. The van der Waals surface area contributed by atoms with Crippen LogP contribution in [0.5, 0.6) is 0 Å². The van der Waals surface area contributed by atoms with E-state index in [4.69, 9.17) is 28.8 Å². The Balaban J connectivity index is 3.99. The van der Waals surface area contributed by atoms with E-state index in [0.29, 0.717) is 13.2 Å². The molecule has 2 N–H and O–H groups in total. The van der Waals surface area contributed by atoms with Crippen LogP contribution < -0.4 is 5.73 Å². The van der Waals surface area contributed by atoms with Gasteiger partial charge < -0.3 is 19.9 Å². The van der Waals surface area contributed by atoms with Gasteiger partial charge in [-0.25, -0.2) is 9.36 Å². The van der Waals surface area contributed by atoms with Crippen molar-refractivity contribution in [2.45, 2.75) is 52.7 Å². The number of hydrogen-bond donors (Lipinski definition) is 1. The highest BCUT2D eigenvalue weighted by atomic mass is 31.2. The minimum absolute atomic E-state index is 0.0498. The highest BCUT2D eigenvalue weighted by molar-refractivity contribution is 7.48. The fourth-order valence-electron chi connectivity index (χ4n) is 1.47. The van der Waals surface area contributed by atoms with Crippen molar-refractivity contribution < 1.29 is 37.1 Å². The molecule has 25 heavy (non-hydrogen) atoms. The summed E-state index contributed by atoms with van der Waals surface area (Å²) in [6, 6.07) is 0. The van der Waals surface area contributed by atoms with Gasteiger partial charge in [-0.2, -0.15) is 0 Å². The summed E-state index contributed by atoms with van der Waals surface area (Å²) in [5.74, 6) is 0. The lowest BCUT2D eigenvalue weighted by molar-refractivity contribution is -0.0128. The van der Waals surface area contributed by atoms with Crippen molar-refractivity contribution in [1.29, 1.82) is 0 Å². The molecule has 0 aliphatic heterocycles. The number of ether oxygens (including phenoxy) is 3. The third kappa shape index (κ3) is 16.5. The molecule has 0 bridgehead atoms. The fraction of sp³-hybridized carbons (Fsp3) is 0.933. The first-order valence-electron chi connectivity index (χ1n) is 8.07. The van der Waals surface area contributed by atoms with Crippen molar-refractivity contribution in [2.24, 2.45) is 5.73 Å². The Bertz CT molecular complexity index is 410. The molecule has 0 unspecified atom stereocenters. The first kappa shape index (κ1) is 24.3. The molecule has 0 spiro atoms. The van der Waals surface area contributed by atoms with E-state index in [9.17, 15) is 9.36 Å². The number of nitrogens with two attached hydrogens (primary N) is 1. The normalized spacial score (nSPS) is 13.0. The molecule has 0 aliphatic rings. The van der Waals surface area contributed by atoms with E-state index in [-0.39, 0.29) is 26.4 Å². The van der Waals surface area contributed by atoms with Crippen LogP contribution in [0.15, 0.2) is 0 Å². The molecule has 10 heteroatoms. The number of primary amides is 1. The molecule has 0 aliphatic carbocycles. The fourth-order valence-corrected chi connectivity index (χ4v) is 3.26. The maximum absolute atomic E-state index is 12.7. The van der Waals surface area contributed by atoms with Crippen molar-refractivity contribution in [3.05, 3.63) is 0 Å². The zero-order valence-electron chi connectivity index (χ0n) is 16.0. The Kier molecular flexibility index (Phi) is 10.8. The van der Waals surface area contributed by atoms with Crippen molar-refractivity contribution in [1.82, 2.24) is 0 Å². The van der Waals surface area contributed by atoms with Crippen LogP contribution in [0.3, 0.4) is 0 Å². The summed E-state index contributed by atoms with van der Waals surface area (Å²) < 4.78 is 43.9. The third-order valence-electron chi connectivity index (χ3n) is 2.09. The van der Waals surface area contributed by atoms with Crippen LogP contribution in [-0.4, -0.2) is 56.9 Å². The van der Waals surface area contributed by atoms with Crippen LogP contribution in [0.4, 0.5) is 4.79 Å². The molecular formula is C15H32NO8P. The van der Waals surface area contributed by atoms with Gasteiger partial charge in [0.15, 0.2) is 0 Å². The Labute approximate surface area is 150 Å². The highest BCUT2D eigenvalue weighted by Gasteiger charge is 2.36. The molecule has 0 rings (SSSR count). The van der Waals surface area contributed by atoms with Crippen LogP contribution in [0.25, 0.3) is 0 Å². The van der Waals surface area contributed by atoms with E-state index >= 15 is 0 Å². The monoisotopic (exact) mass is 385 g/mol. The number of amides is 1. The average Bonchev–Trinajstić information content (AvgIpc) is 2.35. The lowest BCUT2D eigenvalue weighted by Crippen LogP contribution is -2.25. The molecule has 0 fully saturated rings. The van der Waals surface area contributed by atoms with E-state index in [1.165, 1.54) is 0 Å². The van der Waals surface area contributed by atoms with Gasteiger partial charge in [-0.1, -0.05) is 0 Å². The molecule has 9 nitrogen and oxygen atoms in total. The Morgan fingerprint density at radius 3 is 1.60 bits per heavy atom. The zero-order chi connectivity index (χ0) is 19.6. The van der Waals surface area contributed by atoms with Gasteiger partial charge in [0, 0.05) is 0 Å². The lowest BCUT2D eigenvalue weighted by Gasteiger charge is -2.30. The summed E-state index contributed by atoms with van der Waals surface area (Å²) in [6.45, 7) is 11.8. The van der Waals surface area contributed by atoms with Crippen molar-refractivity contribution in [3.8, 4) is 0 Å². The minimum atomic E-state index is -3.71. The summed E-state index contributed by atoms with van der Waals surface area (Å²) in [5, 5.41) is 0. The standard InChI is InChI=1S/C15H32NO8P/c1-14(2,3)23-25(18,24-15(4,5)6)22-12-10-20-8-7-19-9-11-21-13(16)17/h7-12H2,1-6H3,(H2,16,17). The average molecular weight is 385 g/mol. The molecule has 0 aromatic carbocycles.